The van der Waals surface area contributed by atoms with Crippen molar-refractivity contribution in [3.05, 3.63) is 0 Å². The smallest absolute Gasteiger partial charge is 0.239 e. The van der Waals surface area contributed by atoms with Gasteiger partial charge in [0.25, 0.3) is 0 Å². The lowest BCUT2D eigenvalue weighted by molar-refractivity contribution is -0.135. The van der Waals surface area contributed by atoms with Crippen LogP contribution >= 0.6 is 0 Å². The Labute approximate surface area is 124 Å². The summed E-state index contributed by atoms with van der Waals surface area (Å²) in [6.45, 7) is 5.95. The second-order valence-corrected chi connectivity index (χ2v) is 6.39. The molecule has 0 saturated heterocycles. The molecule has 2 N–H and O–H groups in total. The number of nitrogens with two attached hydrogens (primary N) is 1. The largest absolute Gasteiger partial charge is 0.385 e. The molecule has 1 aliphatic carbocycles. The number of rotatable bonds is 9. The van der Waals surface area contributed by atoms with Crippen LogP contribution in [0.4, 0.5) is 0 Å². The van der Waals surface area contributed by atoms with Crippen molar-refractivity contribution in [2.24, 2.45) is 11.7 Å². The molecule has 0 aliphatic heterocycles. The Morgan fingerprint density at radius 2 is 1.95 bits per heavy atom. The van der Waals surface area contributed by atoms with Crippen LogP contribution in [0.5, 0.6) is 0 Å². The van der Waals surface area contributed by atoms with Crippen LogP contribution < -0.4 is 5.73 Å². The van der Waals surface area contributed by atoms with Crippen LogP contribution in [0.3, 0.4) is 0 Å². The van der Waals surface area contributed by atoms with Gasteiger partial charge in [-0.15, -0.1) is 0 Å². The first-order chi connectivity index (χ1) is 9.56. The molecule has 0 aromatic carbocycles. The molecule has 0 radical (unpaired) electrons. The molecule has 0 heterocycles. The lowest BCUT2D eigenvalue weighted by atomic mass is 10.1. The molecule has 1 saturated carbocycles. The average Bonchev–Trinajstić information content (AvgIpc) is 2.92. The third-order valence-corrected chi connectivity index (χ3v) is 4.18. The molecular formula is C16H32N2O2. The van der Waals surface area contributed by atoms with Crippen LogP contribution in [0.15, 0.2) is 0 Å². The van der Waals surface area contributed by atoms with Crippen molar-refractivity contribution in [3.8, 4) is 0 Å². The van der Waals surface area contributed by atoms with Crippen molar-refractivity contribution in [1.29, 1.82) is 0 Å². The van der Waals surface area contributed by atoms with E-state index in [1.165, 1.54) is 12.8 Å². The lowest BCUT2D eigenvalue weighted by Gasteiger charge is -2.32. The van der Waals surface area contributed by atoms with Gasteiger partial charge in [-0.25, -0.2) is 0 Å². The number of methoxy groups -OCH3 is 1. The fourth-order valence-corrected chi connectivity index (χ4v) is 2.87. The predicted octanol–water partition coefficient (Wildman–Crippen LogP) is 2.56. The van der Waals surface area contributed by atoms with E-state index < -0.39 is 0 Å². The van der Waals surface area contributed by atoms with Gasteiger partial charge >= 0.3 is 0 Å². The molecular weight excluding hydrogens is 252 g/mol. The lowest BCUT2D eigenvalue weighted by Crippen LogP contribution is -2.48. The van der Waals surface area contributed by atoms with Gasteiger partial charge in [-0.05, 0) is 38.0 Å². The van der Waals surface area contributed by atoms with Gasteiger partial charge in [-0.2, -0.15) is 0 Å². The van der Waals surface area contributed by atoms with Crippen LogP contribution in [-0.2, 0) is 9.53 Å². The van der Waals surface area contributed by atoms with E-state index in [2.05, 4.69) is 18.7 Å². The monoisotopic (exact) mass is 284 g/mol. The molecule has 4 heteroatoms. The highest BCUT2D eigenvalue weighted by Crippen LogP contribution is 2.25. The topological polar surface area (TPSA) is 55.6 Å². The summed E-state index contributed by atoms with van der Waals surface area (Å²) in [6.07, 6.45) is 7.42. The molecule has 1 amide bonds. The molecule has 0 aromatic heterocycles. The minimum absolute atomic E-state index is 0.147. The highest BCUT2D eigenvalue weighted by molar-refractivity contribution is 5.82. The molecule has 1 unspecified atom stereocenters. The van der Waals surface area contributed by atoms with Gasteiger partial charge in [0.2, 0.25) is 5.91 Å². The van der Waals surface area contributed by atoms with E-state index in [1.54, 1.807) is 7.11 Å². The summed E-state index contributed by atoms with van der Waals surface area (Å²) in [5, 5.41) is 0. The Kier molecular flexibility index (Phi) is 8.15. The number of carbonyl (C=O) groups excluding carboxylic acids is 1. The van der Waals surface area contributed by atoms with Crippen LogP contribution in [-0.4, -0.2) is 43.2 Å². The average molecular weight is 284 g/mol. The summed E-state index contributed by atoms with van der Waals surface area (Å²) < 4.78 is 5.03. The quantitative estimate of drug-likeness (QED) is 0.662. The van der Waals surface area contributed by atoms with E-state index in [9.17, 15) is 4.79 Å². The highest BCUT2D eigenvalue weighted by Gasteiger charge is 2.29. The van der Waals surface area contributed by atoms with Gasteiger partial charge < -0.3 is 15.4 Å². The third kappa shape index (κ3) is 5.80. The van der Waals surface area contributed by atoms with Crippen molar-refractivity contribution < 1.29 is 9.53 Å². The first-order valence-corrected chi connectivity index (χ1v) is 8.11. The van der Waals surface area contributed by atoms with Crippen molar-refractivity contribution in [1.82, 2.24) is 4.90 Å². The number of carbonyl (C=O) groups is 1. The Balaban J connectivity index is 2.53. The maximum absolute atomic E-state index is 12.6. The Hall–Kier alpha value is -0.610. The standard InChI is InChI=1S/C16H32N2O2/c1-13(2)10-11-18(14-7-4-5-8-14)16(19)15(17)9-6-12-20-3/h13-15H,4-12,17H2,1-3H3. The van der Waals surface area contributed by atoms with Crippen LogP contribution in [0.25, 0.3) is 0 Å². The van der Waals surface area contributed by atoms with Gasteiger partial charge in [0.1, 0.15) is 0 Å². The first kappa shape index (κ1) is 17.4. The molecule has 1 aliphatic rings. The molecule has 1 rings (SSSR count). The molecule has 1 fully saturated rings. The molecule has 118 valence electrons. The van der Waals surface area contributed by atoms with Gasteiger partial charge in [0.05, 0.1) is 6.04 Å². The summed E-state index contributed by atoms with van der Waals surface area (Å²) in [6, 6.07) is 0.0626. The number of ether oxygens (including phenoxy) is 1. The zero-order valence-corrected chi connectivity index (χ0v) is 13.4. The number of amides is 1. The minimum atomic E-state index is -0.363. The highest BCUT2D eigenvalue weighted by atomic mass is 16.5. The van der Waals surface area contributed by atoms with E-state index in [0.717, 1.165) is 38.6 Å². The molecule has 0 aromatic rings. The van der Waals surface area contributed by atoms with Gasteiger partial charge in [0.15, 0.2) is 0 Å². The van der Waals surface area contributed by atoms with Crippen molar-refractivity contribution in [2.75, 3.05) is 20.3 Å². The van der Waals surface area contributed by atoms with Crippen LogP contribution in [0.2, 0.25) is 0 Å². The first-order valence-electron chi connectivity index (χ1n) is 8.11. The van der Waals surface area contributed by atoms with Gasteiger partial charge in [-0.3, -0.25) is 4.79 Å². The third-order valence-electron chi connectivity index (χ3n) is 4.18. The Bertz CT molecular complexity index is 276. The SMILES string of the molecule is COCCCC(N)C(=O)N(CCC(C)C)C1CCCC1. The Morgan fingerprint density at radius 1 is 1.30 bits per heavy atom. The van der Waals surface area contributed by atoms with E-state index in [-0.39, 0.29) is 11.9 Å². The normalized spacial score (nSPS) is 17.6. The number of hydrogen-bond acceptors (Lipinski definition) is 3. The fourth-order valence-electron chi connectivity index (χ4n) is 2.87. The minimum Gasteiger partial charge on any atom is -0.385 e. The molecule has 1 atom stereocenters. The summed E-state index contributed by atoms with van der Waals surface area (Å²) in [5.74, 6) is 0.769. The number of nitrogens with zero attached hydrogens (tertiary/aromatic N) is 1. The number of hydrogen-bond donors (Lipinski definition) is 1. The van der Waals surface area contributed by atoms with E-state index in [1.807, 2.05) is 0 Å². The predicted molar refractivity (Wildman–Crippen MR) is 82.5 cm³/mol. The summed E-state index contributed by atoms with van der Waals surface area (Å²) in [4.78, 5) is 14.7. The van der Waals surface area contributed by atoms with Crippen molar-refractivity contribution >= 4 is 5.91 Å². The maximum Gasteiger partial charge on any atom is 0.239 e. The summed E-state index contributed by atoms with van der Waals surface area (Å²) in [7, 11) is 1.68. The van der Waals surface area contributed by atoms with Gasteiger partial charge in [0, 0.05) is 26.3 Å². The van der Waals surface area contributed by atoms with Crippen LogP contribution in [0.1, 0.15) is 58.8 Å². The maximum atomic E-state index is 12.6. The van der Waals surface area contributed by atoms with Crippen molar-refractivity contribution in [3.63, 3.8) is 0 Å². The van der Waals surface area contributed by atoms with Gasteiger partial charge in [-0.1, -0.05) is 26.7 Å². The van der Waals surface area contributed by atoms with Crippen LogP contribution in [0, 0.1) is 5.92 Å². The zero-order valence-electron chi connectivity index (χ0n) is 13.4. The fraction of sp³-hybridized carbons (Fsp3) is 0.938. The molecule has 20 heavy (non-hydrogen) atoms. The molecule has 4 nitrogen and oxygen atoms in total. The van der Waals surface area contributed by atoms with E-state index >= 15 is 0 Å². The molecule has 0 bridgehead atoms. The second-order valence-electron chi connectivity index (χ2n) is 6.39. The summed E-state index contributed by atoms with van der Waals surface area (Å²) >= 11 is 0. The van der Waals surface area contributed by atoms with Crippen molar-refractivity contribution in [2.45, 2.75) is 70.9 Å². The molecule has 0 spiro atoms. The van der Waals surface area contributed by atoms with E-state index in [4.69, 9.17) is 10.5 Å². The second kappa shape index (κ2) is 9.35. The zero-order chi connectivity index (χ0) is 15.0. The Morgan fingerprint density at radius 3 is 2.50 bits per heavy atom. The summed E-state index contributed by atoms with van der Waals surface area (Å²) in [5.41, 5.74) is 6.09. The van der Waals surface area contributed by atoms with E-state index in [0.29, 0.717) is 18.6 Å².